The zero-order valence-electron chi connectivity index (χ0n) is 8.82. The monoisotopic (exact) mass is 311 g/mol. The average Bonchev–Trinajstić information content (AvgIpc) is 2.52. The molecule has 0 aliphatic carbocycles. The second-order valence-electron chi connectivity index (χ2n) is 3.48. The van der Waals surface area contributed by atoms with Gasteiger partial charge in [-0.1, -0.05) is 0 Å². The summed E-state index contributed by atoms with van der Waals surface area (Å²) >= 11 is 4.97. The van der Waals surface area contributed by atoms with E-state index in [1.165, 1.54) is 6.26 Å². The summed E-state index contributed by atoms with van der Waals surface area (Å²) in [6.07, 6.45) is 1.27. The summed E-state index contributed by atoms with van der Waals surface area (Å²) in [5, 5.41) is 6.53. The highest BCUT2D eigenvalue weighted by Gasteiger charge is 2.27. The number of hydrogen-bond donors (Lipinski definition) is 1. The molecule has 15 heavy (non-hydrogen) atoms. The number of nitrogens with one attached hydrogen (secondary N) is 1. The van der Waals surface area contributed by atoms with Crippen LogP contribution in [-0.2, 0) is 9.84 Å². The molecule has 0 bridgehead atoms. The summed E-state index contributed by atoms with van der Waals surface area (Å²) in [6, 6.07) is -0.166. The van der Waals surface area contributed by atoms with Crippen LogP contribution in [0, 0.1) is 0 Å². The average molecular weight is 312 g/mol. The van der Waals surface area contributed by atoms with Crippen LogP contribution in [-0.4, -0.2) is 27.0 Å². The van der Waals surface area contributed by atoms with E-state index >= 15 is 0 Å². The molecule has 6 heteroatoms. The normalized spacial score (nSPS) is 16.3. The van der Waals surface area contributed by atoms with E-state index in [4.69, 9.17) is 0 Å². The van der Waals surface area contributed by atoms with Gasteiger partial charge in [0.1, 0.15) is 0 Å². The van der Waals surface area contributed by atoms with E-state index in [0.717, 1.165) is 10.0 Å². The molecule has 0 radical (unpaired) electrons. The molecule has 3 nitrogen and oxygen atoms in total. The van der Waals surface area contributed by atoms with Gasteiger partial charge in [-0.3, -0.25) is 0 Å². The first kappa shape index (κ1) is 13.2. The first-order valence-electron chi connectivity index (χ1n) is 4.45. The van der Waals surface area contributed by atoms with Crippen molar-refractivity contribution < 1.29 is 8.42 Å². The van der Waals surface area contributed by atoms with E-state index < -0.39 is 15.1 Å². The smallest absolute Gasteiger partial charge is 0.151 e. The topological polar surface area (TPSA) is 46.2 Å². The van der Waals surface area contributed by atoms with Crippen molar-refractivity contribution in [2.45, 2.75) is 18.2 Å². The van der Waals surface area contributed by atoms with E-state index in [2.05, 4.69) is 21.2 Å². The van der Waals surface area contributed by atoms with Crippen LogP contribution in [0.1, 0.15) is 18.5 Å². The van der Waals surface area contributed by atoms with Crippen LogP contribution >= 0.6 is 27.3 Å². The van der Waals surface area contributed by atoms with Crippen LogP contribution in [0.25, 0.3) is 0 Å². The molecule has 86 valence electrons. The highest BCUT2D eigenvalue weighted by atomic mass is 79.9. The van der Waals surface area contributed by atoms with Crippen molar-refractivity contribution in [3.8, 4) is 0 Å². The molecular formula is C9H14BrNO2S2. The lowest BCUT2D eigenvalue weighted by atomic mass is 10.1. The Labute approximate surface area is 103 Å². The predicted octanol–water partition coefficient (Wildman–Crippen LogP) is 2.20. The molecule has 1 N–H and O–H groups in total. The lowest BCUT2D eigenvalue weighted by molar-refractivity contribution is 0.535. The summed E-state index contributed by atoms with van der Waals surface area (Å²) in [7, 11) is -1.26. The van der Waals surface area contributed by atoms with Gasteiger partial charge >= 0.3 is 0 Å². The Bertz CT molecular complexity index is 427. The Morgan fingerprint density at radius 1 is 1.47 bits per heavy atom. The van der Waals surface area contributed by atoms with E-state index in [1.54, 1.807) is 25.3 Å². The molecule has 1 heterocycles. The quantitative estimate of drug-likeness (QED) is 0.927. The zero-order valence-corrected chi connectivity index (χ0v) is 12.0. The Kier molecular flexibility index (Phi) is 4.34. The third kappa shape index (κ3) is 3.03. The molecule has 1 aromatic rings. The van der Waals surface area contributed by atoms with Crippen molar-refractivity contribution in [2.75, 3.05) is 13.3 Å². The predicted molar refractivity (Wildman–Crippen MR) is 68.1 cm³/mol. The largest absolute Gasteiger partial charge is 0.312 e. The number of thiophene rings is 1. The number of hydrogen-bond acceptors (Lipinski definition) is 4. The van der Waals surface area contributed by atoms with Gasteiger partial charge in [0, 0.05) is 16.1 Å². The fourth-order valence-corrected chi connectivity index (χ4v) is 3.76. The highest BCUT2D eigenvalue weighted by Crippen LogP contribution is 2.31. The van der Waals surface area contributed by atoms with Crippen molar-refractivity contribution in [1.29, 1.82) is 0 Å². The third-order valence-corrected chi connectivity index (χ3v) is 5.81. The van der Waals surface area contributed by atoms with E-state index in [-0.39, 0.29) is 6.04 Å². The van der Waals surface area contributed by atoms with Gasteiger partial charge in [-0.05, 0) is 40.8 Å². The van der Waals surface area contributed by atoms with Crippen molar-refractivity contribution in [2.24, 2.45) is 0 Å². The lowest BCUT2D eigenvalue weighted by Gasteiger charge is -2.21. The minimum Gasteiger partial charge on any atom is -0.312 e. The fraction of sp³-hybridized carbons (Fsp3) is 0.556. The Balaban J connectivity index is 3.06. The van der Waals surface area contributed by atoms with Gasteiger partial charge in [-0.2, -0.15) is 11.3 Å². The summed E-state index contributed by atoms with van der Waals surface area (Å²) in [6.45, 7) is 1.72. The van der Waals surface area contributed by atoms with E-state index in [9.17, 15) is 8.42 Å². The molecular weight excluding hydrogens is 298 g/mol. The first-order valence-corrected chi connectivity index (χ1v) is 8.14. The Hall–Kier alpha value is 0.0900. The highest BCUT2D eigenvalue weighted by molar-refractivity contribution is 9.10. The zero-order chi connectivity index (χ0) is 11.6. The Morgan fingerprint density at radius 3 is 2.40 bits per heavy atom. The summed E-state index contributed by atoms with van der Waals surface area (Å²) in [5.74, 6) is 0. The maximum atomic E-state index is 11.5. The third-order valence-electron chi connectivity index (χ3n) is 2.43. The van der Waals surface area contributed by atoms with Gasteiger partial charge in [0.25, 0.3) is 0 Å². The van der Waals surface area contributed by atoms with Crippen LogP contribution in [0.3, 0.4) is 0 Å². The van der Waals surface area contributed by atoms with Gasteiger partial charge < -0.3 is 5.32 Å². The number of sulfone groups is 1. The standard InChI is InChI=1S/C9H14BrNO2S2/c1-6(15(3,12)13)9(11-2)7-4-14-5-8(7)10/h4-6,9,11H,1-3H3. The van der Waals surface area contributed by atoms with Gasteiger partial charge in [0.2, 0.25) is 0 Å². The summed E-state index contributed by atoms with van der Waals surface area (Å²) < 4.78 is 23.9. The van der Waals surface area contributed by atoms with Crippen molar-refractivity contribution >= 4 is 37.1 Å². The maximum absolute atomic E-state index is 11.5. The number of halogens is 1. The van der Waals surface area contributed by atoms with Gasteiger partial charge in [0.05, 0.1) is 11.3 Å². The minimum absolute atomic E-state index is 0.166. The molecule has 0 amide bonds. The second kappa shape index (κ2) is 4.95. The molecule has 0 fully saturated rings. The van der Waals surface area contributed by atoms with Crippen LogP contribution in [0.4, 0.5) is 0 Å². The van der Waals surface area contributed by atoms with Crippen LogP contribution in [0.15, 0.2) is 15.2 Å². The van der Waals surface area contributed by atoms with Crippen LogP contribution < -0.4 is 5.32 Å². The van der Waals surface area contributed by atoms with E-state index in [0.29, 0.717) is 0 Å². The van der Waals surface area contributed by atoms with Crippen molar-refractivity contribution in [3.05, 3.63) is 20.8 Å². The molecule has 1 aromatic heterocycles. The van der Waals surface area contributed by atoms with Crippen molar-refractivity contribution in [3.63, 3.8) is 0 Å². The summed E-state index contributed by atoms with van der Waals surface area (Å²) in [4.78, 5) is 0. The molecule has 1 rings (SSSR count). The van der Waals surface area contributed by atoms with E-state index in [1.807, 2.05) is 10.8 Å². The second-order valence-corrected chi connectivity index (χ2v) is 7.48. The molecule has 2 unspecified atom stereocenters. The number of rotatable bonds is 4. The molecule has 0 spiro atoms. The summed E-state index contributed by atoms with van der Waals surface area (Å²) in [5.41, 5.74) is 1.00. The SMILES string of the molecule is CNC(c1cscc1Br)C(C)S(C)(=O)=O. The van der Waals surface area contributed by atoms with Gasteiger partial charge in [0.15, 0.2) is 9.84 Å². The molecule has 0 aromatic carbocycles. The van der Waals surface area contributed by atoms with Crippen molar-refractivity contribution in [1.82, 2.24) is 5.32 Å². The Morgan fingerprint density at radius 2 is 2.07 bits per heavy atom. The fourth-order valence-electron chi connectivity index (χ4n) is 1.40. The lowest BCUT2D eigenvalue weighted by Crippen LogP contribution is -2.32. The van der Waals surface area contributed by atoms with Gasteiger partial charge in [-0.25, -0.2) is 8.42 Å². The molecule has 0 saturated carbocycles. The van der Waals surface area contributed by atoms with Gasteiger partial charge in [-0.15, -0.1) is 0 Å². The molecule has 0 aliphatic rings. The molecule has 0 saturated heterocycles. The first-order chi connectivity index (χ1) is 6.88. The van der Waals surface area contributed by atoms with Crippen LogP contribution in [0.2, 0.25) is 0 Å². The minimum atomic E-state index is -3.04. The molecule has 2 atom stereocenters. The molecule has 0 aliphatic heterocycles. The van der Waals surface area contributed by atoms with Crippen LogP contribution in [0.5, 0.6) is 0 Å². The maximum Gasteiger partial charge on any atom is 0.151 e.